The minimum Gasteiger partial charge on any atom is -0.457 e. The molecule has 123 valence electrons. The standard InChI is InChI=1S/C19H29O3/c20-18-22-17-11-4-3-10-16-21-15-9-2-1-6-12-19-13-7-5-8-14-19/h5,7-8,13-14H,1-4,6,9-12,15-17H2. The average molecular weight is 305 g/mol. The molecule has 22 heavy (non-hydrogen) atoms. The van der Waals surface area contributed by atoms with Crippen LogP contribution in [0.1, 0.15) is 56.9 Å². The SMILES string of the molecule is O=[C]OCCCCCCOCCCCCCc1ccccc1. The van der Waals surface area contributed by atoms with Gasteiger partial charge in [-0.3, -0.25) is 0 Å². The summed E-state index contributed by atoms with van der Waals surface area (Å²) in [5.74, 6) is 0. The van der Waals surface area contributed by atoms with Crippen LogP contribution in [0.4, 0.5) is 0 Å². The molecule has 0 atom stereocenters. The van der Waals surface area contributed by atoms with Gasteiger partial charge in [-0.2, -0.15) is 0 Å². The van der Waals surface area contributed by atoms with Crippen LogP contribution >= 0.6 is 0 Å². The molecule has 1 aromatic rings. The second kappa shape index (κ2) is 14.6. The summed E-state index contributed by atoms with van der Waals surface area (Å²) in [6.45, 7) is 3.67. The molecule has 0 bridgehead atoms. The van der Waals surface area contributed by atoms with E-state index in [2.05, 4.69) is 35.1 Å². The third kappa shape index (κ3) is 11.3. The van der Waals surface area contributed by atoms with Crippen molar-refractivity contribution < 1.29 is 14.3 Å². The Hall–Kier alpha value is -1.35. The Kier molecular flexibility index (Phi) is 12.4. The third-order valence-corrected chi connectivity index (χ3v) is 3.69. The van der Waals surface area contributed by atoms with E-state index >= 15 is 0 Å². The average Bonchev–Trinajstić information content (AvgIpc) is 2.56. The molecule has 0 aromatic heterocycles. The number of hydrogen-bond donors (Lipinski definition) is 0. The van der Waals surface area contributed by atoms with Gasteiger partial charge >= 0.3 is 6.47 Å². The summed E-state index contributed by atoms with van der Waals surface area (Å²) in [7, 11) is 0. The van der Waals surface area contributed by atoms with Gasteiger partial charge in [0.2, 0.25) is 0 Å². The van der Waals surface area contributed by atoms with Crippen LogP contribution < -0.4 is 0 Å². The van der Waals surface area contributed by atoms with Crippen molar-refractivity contribution in [3.05, 3.63) is 35.9 Å². The lowest BCUT2D eigenvalue weighted by molar-refractivity contribution is 0.125. The van der Waals surface area contributed by atoms with E-state index in [-0.39, 0.29) is 0 Å². The van der Waals surface area contributed by atoms with Gasteiger partial charge in [0.05, 0.1) is 6.61 Å². The minimum atomic E-state index is 0.493. The number of benzene rings is 1. The van der Waals surface area contributed by atoms with Gasteiger partial charge in [-0.1, -0.05) is 49.6 Å². The molecule has 0 saturated heterocycles. The Morgan fingerprint density at radius 1 is 0.727 bits per heavy atom. The van der Waals surface area contributed by atoms with Gasteiger partial charge in [-0.15, -0.1) is 0 Å². The van der Waals surface area contributed by atoms with Gasteiger partial charge in [0.1, 0.15) is 0 Å². The van der Waals surface area contributed by atoms with Gasteiger partial charge in [-0.05, 0) is 44.1 Å². The molecule has 1 radical (unpaired) electrons. The molecular weight excluding hydrogens is 276 g/mol. The van der Waals surface area contributed by atoms with Crippen LogP contribution in [0.2, 0.25) is 0 Å². The maximum atomic E-state index is 9.81. The highest BCUT2D eigenvalue weighted by molar-refractivity contribution is 5.37. The van der Waals surface area contributed by atoms with Crippen molar-refractivity contribution in [3.8, 4) is 0 Å². The Labute approximate surface area is 135 Å². The lowest BCUT2D eigenvalue weighted by Crippen LogP contribution is -1.98. The molecule has 0 N–H and O–H groups in total. The number of carbonyl (C=O) groups excluding carboxylic acids is 1. The van der Waals surface area contributed by atoms with Crippen molar-refractivity contribution in [1.29, 1.82) is 0 Å². The van der Waals surface area contributed by atoms with Crippen LogP contribution in [0.15, 0.2) is 30.3 Å². The molecule has 0 spiro atoms. The molecular formula is C19H29O3. The van der Waals surface area contributed by atoms with E-state index in [1.54, 1.807) is 0 Å². The van der Waals surface area contributed by atoms with Gasteiger partial charge in [-0.25, -0.2) is 4.79 Å². The first kappa shape index (κ1) is 18.7. The van der Waals surface area contributed by atoms with Crippen molar-refractivity contribution in [2.45, 2.75) is 57.8 Å². The molecule has 0 amide bonds. The number of unbranched alkanes of at least 4 members (excludes halogenated alkanes) is 6. The van der Waals surface area contributed by atoms with Crippen molar-refractivity contribution >= 4 is 6.47 Å². The highest BCUT2D eigenvalue weighted by Gasteiger charge is 1.95. The smallest absolute Gasteiger partial charge is 0.417 e. The molecule has 0 fully saturated rings. The second-order valence-corrected chi connectivity index (χ2v) is 5.61. The van der Waals surface area contributed by atoms with E-state index < -0.39 is 0 Å². The maximum absolute atomic E-state index is 9.81. The Bertz CT molecular complexity index is 351. The first-order chi connectivity index (χ1) is 10.9. The minimum absolute atomic E-state index is 0.493. The third-order valence-electron chi connectivity index (χ3n) is 3.69. The maximum Gasteiger partial charge on any atom is 0.417 e. The molecule has 3 nitrogen and oxygen atoms in total. The summed E-state index contributed by atoms with van der Waals surface area (Å²) in [5.41, 5.74) is 1.44. The summed E-state index contributed by atoms with van der Waals surface area (Å²) < 4.78 is 10.1. The fourth-order valence-electron chi connectivity index (χ4n) is 2.41. The van der Waals surface area contributed by atoms with Crippen molar-refractivity contribution in [2.24, 2.45) is 0 Å². The fraction of sp³-hybridized carbons (Fsp3) is 0.632. The topological polar surface area (TPSA) is 35.5 Å². The van der Waals surface area contributed by atoms with Gasteiger partial charge in [0.25, 0.3) is 0 Å². The van der Waals surface area contributed by atoms with Gasteiger partial charge in [0, 0.05) is 13.2 Å². The quantitative estimate of drug-likeness (QED) is 0.449. The Morgan fingerprint density at radius 3 is 1.95 bits per heavy atom. The van der Waals surface area contributed by atoms with E-state index in [1.807, 2.05) is 0 Å². The molecule has 0 heterocycles. The summed E-state index contributed by atoms with van der Waals surface area (Å²) in [4.78, 5) is 9.81. The Morgan fingerprint density at radius 2 is 1.32 bits per heavy atom. The largest absolute Gasteiger partial charge is 0.457 e. The molecule has 1 aromatic carbocycles. The van der Waals surface area contributed by atoms with E-state index in [4.69, 9.17) is 4.74 Å². The van der Waals surface area contributed by atoms with E-state index in [1.165, 1.54) is 37.7 Å². The second-order valence-electron chi connectivity index (χ2n) is 5.61. The van der Waals surface area contributed by atoms with Crippen LogP contribution in [0.3, 0.4) is 0 Å². The van der Waals surface area contributed by atoms with Crippen LogP contribution in [-0.4, -0.2) is 26.3 Å². The predicted molar refractivity (Wildman–Crippen MR) is 89.5 cm³/mol. The zero-order valence-electron chi connectivity index (χ0n) is 13.6. The number of hydrogen-bond acceptors (Lipinski definition) is 3. The summed E-state index contributed by atoms with van der Waals surface area (Å²) in [5, 5.41) is 0. The van der Waals surface area contributed by atoms with E-state index in [9.17, 15) is 4.79 Å². The molecule has 1 rings (SSSR count). The lowest BCUT2D eigenvalue weighted by Gasteiger charge is -2.05. The van der Waals surface area contributed by atoms with Gasteiger partial charge in [0.15, 0.2) is 0 Å². The van der Waals surface area contributed by atoms with Crippen LogP contribution in [-0.2, 0) is 20.7 Å². The summed E-state index contributed by atoms with van der Waals surface area (Å²) in [6.07, 6.45) is 10.4. The molecule has 0 aliphatic heterocycles. The highest BCUT2D eigenvalue weighted by Crippen LogP contribution is 2.08. The normalized spacial score (nSPS) is 10.5. The predicted octanol–water partition coefficient (Wildman–Crippen LogP) is 4.45. The molecule has 0 unspecified atom stereocenters. The van der Waals surface area contributed by atoms with Crippen molar-refractivity contribution in [1.82, 2.24) is 0 Å². The number of rotatable bonds is 15. The molecule has 3 heteroatoms. The Balaban J connectivity index is 1.74. The lowest BCUT2D eigenvalue weighted by atomic mass is 10.1. The summed E-state index contributed by atoms with van der Waals surface area (Å²) in [6, 6.07) is 10.7. The molecule has 0 aliphatic rings. The summed E-state index contributed by atoms with van der Waals surface area (Å²) >= 11 is 0. The van der Waals surface area contributed by atoms with Crippen molar-refractivity contribution in [3.63, 3.8) is 0 Å². The molecule has 0 saturated carbocycles. The van der Waals surface area contributed by atoms with Crippen LogP contribution in [0, 0.1) is 0 Å². The van der Waals surface area contributed by atoms with Gasteiger partial charge < -0.3 is 9.47 Å². The monoisotopic (exact) mass is 305 g/mol. The zero-order valence-corrected chi connectivity index (χ0v) is 13.6. The van der Waals surface area contributed by atoms with Crippen LogP contribution in [0.25, 0.3) is 0 Å². The first-order valence-electron chi connectivity index (χ1n) is 8.54. The van der Waals surface area contributed by atoms with Crippen molar-refractivity contribution in [2.75, 3.05) is 19.8 Å². The fourth-order valence-corrected chi connectivity index (χ4v) is 2.41. The molecule has 0 aliphatic carbocycles. The number of aryl methyl sites for hydroxylation is 1. The highest BCUT2D eigenvalue weighted by atomic mass is 16.5. The first-order valence-corrected chi connectivity index (χ1v) is 8.54. The van der Waals surface area contributed by atoms with E-state index in [0.717, 1.165) is 45.3 Å². The zero-order chi connectivity index (χ0) is 15.7. The number of ether oxygens (including phenoxy) is 2. The van der Waals surface area contributed by atoms with E-state index in [0.29, 0.717) is 6.61 Å². The van der Waals surface area contributed by atoms with Crippen LogP contribution in [0.5, 0.6) is 0 Å².